The fraction of sp³-hybridized carbons (Fsp3) is 0.375. The molecule has 29 heavy (non-hydrogen) atoms. The number of carbonyl (C=O) groups excluding carboxylic acids is 2. The molecule has 1 unspecified atom stereocenters. The lowest BCUT2D eigenvalue weighted by atomic mass is 9.91. The molecule has 0 radical (unpaired) electrons. The normalized spacial score (nSPS) is 15.3. The molecule has 3 rings (SSSR count). The third kappa shape index (κ3) is 5.31. The van der Waals surface area contributed by atoms with Crippen LogP contribution in [0.15, 0.2) is 66.9 Å². The molecular formula is C24H29N3O2. The molecule has 1 fully saturated rings. The summed E-state index contributed by atoms with van der Waals surface area (Å²) in [7, 11) is 0. The van der Waals surface area contributed by atoms with Gasteiger partial charge in [0.15, 0.2) is 6.04 Å². The summed E-state index contributed by atoms with van der Waals surface area (Å²) in [6.07, 6.45) is 6.75. The highest BCUT2D eigenvalue weighted by Gasteiger charge is 2.38. The molecule has 0 bridgehead atoms. The largest absolute Gasteiger partial charge is 0.350 e. The standard InChI is InChI=1S/C24H29N3O2/c1-18(2)17-26-23(28)22(21-15-9-10-16-25-21)27(20-13-7-4-8-14-20)24(29)19-11-5-3-6-12-19/h3,5-6,9-12,15-16,20,22H,1,4,7-8,13-14,17H2,2H3,(H,26,28). The maximum absolute atomic E-state index is 13.6. The zero-order chi connectivity index (χ0) is 20.6. The number of nitrogens with one attached hydrogen (secondary N) is 1. The Morgan fingerprint density at radius 3 is 2.41 bits per heavy atom. The van der Waals surface area contributed by atoms with Crippen LogP contribution in [-0.4, -0.2) is 34.3 Å². The molecule has 1 atom stereocenters. The van der Waals surface area contributed by atoms with Crippen LogP contribution in [-0.2, 0) is 4.79 Å². The second-order valence-corrected chi connectivity index (χ2v) is 7.70. The minimum Gasteiger partial charge on any atom is -0.350 e. The Morgan fingerprint density at radius 2 is 1.79 bits per heavy atom. The highest BCUT2D eigenvalue weighted by Crippen LogP contribution is 2.31. The van der Waals surface area contributed by atoms with Crippen LogP contribution in [0.2, 0.25) is 0 Å². The highest BCUT2D eigenvalue weighted by molar-refractivity contribution is 5.98. The van der Waals surface area contributed by atoms with Gasteiger partial charge in [0.1, 0.15) is 0 Å². The van der Waals surface area contributed by atoms with E-state index in [1.165, 1.54) is 6.42 Å². The van der Waals surface area contributed by atoms with Crippen molar-refractivity contribution in [2.24, 2.45) is 0 Å². The summed E-state index contributed by atoms with van der Waals surface area (Å²) >= 11 is 0. The summed E-state index contributed by atoms with van der Waals surface area (Å²) in [5, 5.41) is 2.93. The fourth-order valence-corrected chi connectivity index (χ4v) is 3.86. The number of amides is 2. The van der Waals surface area contributed by atoms with E-state index in [1.54, 1.807) is 23.2 Å². The summed E-state index contributed by atoms with van der Waals surface area (Å²) in [4.78, 5) is 33.1. The average molecular weight is 392 g/mol. The number of aromatic nitrogens is 1. The zero-order valence-corrected chi connectivity index (χ0v) is 17.0. The van der Waals surface area contributed by atoms with Crippen molar-refractivity contribution in [1.29, 1.82) is 0 Å². The molecule has 1 aromatic heterocycles. The molecule has 1 aliphatic carbocycles. The number of hydrogen-bond acceptors (Lipinski definition) is 3. The van der Waals surface area contributed by atoms with Crippen molar-refractivity contribution >= 4 is 11.8 Å². The lowest BCUT2D eigenvalue weighted by molar-refractivity contribution is -0.126. The Kier molecular flexibility index (Phi) is 7.17. The SMILES string of the molecule is C=C(C)CNC(=O)C(c1ccccn1)N(C(=O)c1ccccc1)C1CCCCC1. The van der Waals surface area contributed by atoms with Gasteiger partial charge in [-0.2, -0.15) is 0 Å². The van der Waals surface area contributed by atoms with Crippen molar-refractivity contribution in [3.63, 3.8) is 0 Å². The lowest BCUT2D eigenvalue weighted by Gasteiger charge is -2.39. The van der Waals surface area contributed by atoms with E-state index in [2.05, 4.69) is 16.9 Å². The minimum absolute atomic E-state index is 0.0130. The molecule has 1 saturated carbocycles. The highest BCUT2D eigenvalue weighted by atomic mass is 16.2. The summed E-state index contributed by atoms with van der Waals surface area (Å²) in [6, 6.07) is 13.9. The van der Waals surface area contributed by atoms with Gasteiger partial charge in [-0.1, -0.05) is 55.7 Å². The van der Waals surface area contributed by atoms with Crippen LogP contribution < -0.4 is 5.32 Å². The summed E-state index contributed by atoms with van der Waals surface area (Å²) in [5.41, 5.74) is 2.03. The molecule has 1 aliphatic rings. The van der Waals surface area contributed by atoms with E-state index >= 15 is 0 Å². The molecule has 1 aromatic carbocycles. The van der Waals surface area contributed by atoms with E-state index in [0.29, 0.717) is 17.8 Å². The van der Waals surface area contributed by atoms with Gasteiger partial charge < -0.3 is 10.2 Å². The first-order valence-electron chi connectivity index (χ1n) is 10.3. The number of nitrogens with zero attached hydrogens (tertiary/aromatic N) is 2. The van der Waals surface area contributed by atoms with Gasteiger partial charge in [-0.25, -0.2) is 0 Å². The molecule has 5 heteroatoms. The smallest absolute Gasteiger partial charge is 0.255 e. The Labute approximate surface area is 172 Å². The van der Waals surface area contributed by atoms with Gasteiger partial charge >= 0.3 is 0 Å². The summed E-state index contributed by atoms with van der Waals surface area (Å²) in [5.74, 6) is -0.347. The quantitative estimate of drug-likeness (QED) is 0.716. The molecule has 0 spiro atoms. The predicted octanol–water partition coefficient (Wildman–Crippen LogP) is 4.29. The zero-order valence-electron chi connectivity index (χ0n) is 17.0. The number of pyridine rings is 1. The monoisotopic (exact) mass is 391 g/mol. The topological polar surface area (TPSA) is 62.3 Å². The second kappa shape index (κ2) is 10.0. The van der Waals surface area contributed by atoms with Crippen molar-refractivity contribution in [3.05, 3.63) is 78.1 Å². The van der Waals surface area contributed by atoms with Crippen LogP contribution in [0.5, 0.6) is 0 Å². The van der Waals surface area contributed by atoms with Crippen molar-refractivity contribution in [2.45, 2.75) is 51.1 Å². The fourth-order valence-electron chi connectivity index (χ4n) is 3.86. The van der Waals surface area contributed by atoms with Crippen molar-refractivity contribution in [2.75, 3.05) is 6.54 Å². The Hall–Kier alpha value is -2.95. The van der Waals surface area contributed by atoms with Gasteiger partial charge in [0.2, 0.25) is 5.91 Å². The van der Waals surface area contributed by atoms with Crippen LogP contribution in [0, 0.1) is 0 Å². The first-order chi connectivity index (χ1) is 14.1. The second-order valence-electron chi connectivity index (χ2n) is 7.70. The molecule has 0 aliphatic heterocycles. The first kappa shape index (κ1) is 20.8. The Bertz CT molecular complexity index is 830. The van der Waals surface area contributed by atoms with Crippen LogP contribution in [0.4, 0.5) is 0 Å². The Balaban J connectivity index is 2.02. The molecule has 5 nitrogen and oxygen atoms in total. The van der Waals surface area contributed by atoms with Gasteiger partial charge in [-0.05, 0) is 44.0 Å². The van der Waals surface area contributed by atoms with E-state index in [0.717, 1.165) is 31.3 Å². The number of rotatable bonds is 7. The van der Waals surface area contributed by atoms with Gasteiger partial charge in [0.05, 0.1) is 5.69 Å². The molecule has 1 N–H and O–H groups in total. The molecule has 2 amide bonds. The number of carbonyl (C=O) groups is 2. The molecule has 1 heterocycles. The first-order valence-corrected chi connectivity index (χ1v) is 10.3. The lowest BCUT2D eigenvalue weighted by Crippen LogP contribution is -2.49. The molecule has 152 valence electrons. The van der Waals surface area contributed by atoms with Crippen LogP contribution >= 0.6 is 0 Å². The molecular weight excluding hydrogens is 362 g/mol. The van der Waals surface area contributed by atoms with E-state index in [9.17, 15) is 9.59 Å². The number of hydrogen-bond donors (Lipinski definition) is 1. The van der Waals surface area contributed by atoms with Crippen LogP contribution in [0.1, 0.15) is 61.1 Å². The predicted molar refractivity (Wildman–Crippen MR) is 114 cm³/mol. The maximum atomic E-state index is 13.6. The number of benzene rings is 1. The molecule has 0 saturated heterocycles. The van der Waals surface area contributed by atoms with Gasteiger partial charge in [-0.3, -0.25) is 14.6 Å². The Morgan fingerprint density at radius 1 is 1.10 bits per heavy atom. The van der Waals surface area contributed by atoms with Crippen molar-refractivity contribution in [1.82, 2.24) is 15.2 Å². The third-order valence-electron chi connectivity index (χ3n) is 5.28. The summed E-state index contributed by atoms with van der Waals surface area (Å²) in [6.45, 7) is 6.11. The van der Waals surface area contributed by atoms with Crippen molar-refractivity contribution < 1.29 is 9.59 Å². The van der Waals surface area contributed by atoms with Crippen LogP contribution in [0.3, 0.4) is 0 Å². The molecule has 2 aromatic rings. The van der Waals surface area contributed by atoms with Gasteiger partial charge in [-0.15, -0.1) is 0 Å². The van der Waals surface area contributed by atoms with E-state index in [-0.39, 0.29) is 17.9 Å². The third-order valence-corrected chi connectivity index (χ3v) is 5.28. The minimum atomic E-state index is -0.772. The van der Waals surface area contributed by atoms with Crippen LogP contribution in [0.25, 0.3) is 0 Å². The van der Waals surface area contributed by atoms with E-state index < -0.39 is 6.04 Å². The summed E-state index contributed by atoms with van der Waals surface area (Å²) < 4.78 is 0. The van der Waals surface area contributed by atoms with E-state index in [1.807, 2.05) is 43.3 Å². The van der Waals surface area contributed by atoms with Gasteiger partial charge in [0, 0.05) is 24.3 Å². The average Bonchev–Trinajstić information content (AvgIpc) is 2.77. The van der Waals surface area contributed by atoms with Crippen molar-refractivity contribution in [3.8, 4) is 0 Å². The van der Waals surface area contributed by atoms with E-state index in [4.69, 9.17) is 0 Å². The maximum Gasteiger partial charge on any atom is 0.255 e. The van der Waals surface area contributed by atoms with Gasteiger partial charge in [0.25, 0.3) is 5.91 Å².